The van der Waals surface area contributed by atoms with Gasteiger partial charge in [-0.2, -0.15) is 0 Å². The van der Waals surface area contributed by atoms with Crippen LogP contribution in [0.15, 0.2) is 18.2 Å². The Morgan fingerprint density at radius 3 is 2.50 bits per heavy atom. The molecule has 1 N–H and O–H groups in total. The molecule has 0 fully saturated rings. The molecule has 0 aliphatic heterocycles. The second-order valence-electron chi connectivity index (χ2n) is 4.81. The molecular formula is C14H23N3O. The van der Waals surface area contributed by atoms with E-state index in [-0.39, 0.29) is 5.91 Å². The standard InChI is InChI=1S/C14H23N3O/c1-11-6-7-13(12(8-11)9-15-2)17(5)10-14(18)16(3)4/h6-8,15H,9-10H2,1-5H3. The highest BCUT2D eigenvalue weighted by atomic mass is 16.2. The summed E-state index contributed by atoms with van der Waals surface area (Å²) in [4.78, 5) is 15.3. The summed E-state index contributed by atoms with van der Waals surface area (Å²) in [5.74, 6) is 0.105. The number of hydrogen-bond donors (Lipinski definition) is 1. The van der Waals surface area contributed by atoms with Gasteiger partial charge in [-0.05, 0) is 25.6 Å². The molecule has 0 heterocycles. The molecule has 0 aromatic heterocycles. The Labute approximate surface area is 110 Å². The van der Waals surface area contributed by atoms with Crippen LogP contribution in [0, 0.1) is 6.92 Å². The predicted octanol–water partition coefficient (Wildman–Crippen LogP) is 1.24. The fourth-order valence-corrected chi connectivity index (χ4v) is 1.85. The zero-order chi connectivity index (χ0) is 13.7. The summed E-state index contributed by atoms with van der Waals surface area (Å²) in [6.45, 7) is 3.28. The number of rotatable bonds is 5. The van der Waals surface area contributed by atoms with Gasteiger partial charge in [0.05, 0.1) is 6.54 Å². The quantitative estimate of drug-likeness (QED) is 0.853. The van der Waals surface area contributed by atoms with Crippen LogP contribution in [0.5, 0.6) is 0 Å². The first-order valence-corrected chi connectivity index (χ1v) is 6.11. The number of carbonyl (C=O) groups excluding carboxylic acids is 1. The monoisotopic (exact) mass is 249 g/mol. The summed E-state index contributed by atoms with van der Waals surface area (Å²) in [6, 6.07) is 6.30. The van der Waals surface area contributed by atoms with Gasteiger partial charge in [0.15, 0.2) is 0 Å². The van der Waals surface area contributed by atoms with E-state index in [1.54, 1.807) is 19.0 Å². The van der Waals surface area contributed by atoms with E-state index in [4.69, 9.17) is 0 Å². The zero-order valence-corrected chi connectivity index (χ0v) is 11.9. The third-order valence-corrected chi connectivity index (χ3v) is 2.88. The van der Waals surface area contributed by atoms with Gasteiger partial charge >= 0.3 is 0 Å². The molecule has 1 amide bonds. The first-order valence-electron chi connectivity index (χ1n) is 6.11. The van der Waals surface area contributed by atoms with Crippen molar-refractivity contribution in [1.82, 2.24) is 10.2 Å². The maximum absolute atomic E-state index is 11.7. The van der Waals surface area contributed by atoms with Crippen molar-refractivity contribution >= 4 is 11.6 Å². The highest BCUT2D eigenvalue weighted by Gasteiger charge is 2.12. The summed E-state index contributed by atoms with van der Waals surface area (Å²) < 4.78 is 0. The average molecular weight is 249 g/mol. The van der Waals surface area contributed by atoms with Crippen molar-refractivity contribution in [2.24, 2.45) is 0 Å². The minimum absolute atomic E-state index is 0.105. The Kier molecular flexibility index (Phi) is 5.16. The molecule has 0 unspecified atom stereocenters. The molecular weight excluding hydrogens is 226 g/mol. The molecule has 0 radical (unpaired) electrons. The van der Waals surface area contributed by atoms with Gasteiger partial charge in [0.2, 0.25) is 5.91 Å². The first kappa shape index (κ1) is 14.5. The minimum Gasteiger partial charge on any atom is -0.365 e. The van der Waals surface area contributed by atoms with Crippen molar-refractivity contribution in [2.45, 2.75) is 13.5 Å². The number of amides is 1. The first-order chi connectivity index (χ1) is 8.45. The molecule has 18 heavy (non-hydrogen) atoms. The second-order valence-corrected chi connectivity index (χ2v) is 4.81. The third kappa shape index (κ3) is 3.74. The number of aryl methyl sites for hydroxylation is 1. The summed E-state index contributed by atoms with van der Waals surface area (Å²) in [6.07, 6.45) is 0. The van der Waals surface area contributed by atoms with Crippen molar-refractivity contribution in [3.63, 3.8) is 0 Å². The Morgan fingerprint density at radius 1 is 1.28 bits per heavy atom. The van der Waals surface area contributed by atoms with Gasteiger partial charge in [0.1, 0.15) is 0 Å². The van der Waals surface area contributed by atoms with E-state index < -0.39 is 0 Å². The Balaban J connectivity index is 2.90. The van der Waals surface area contributed by atoms with Crippen LogP contribution in [0.2, 0.25) is 0 Å². The maximum Gasteiger partial charge on any atom is 0.241 e. The van der Waals surface area contributed by atoms with E-state index in [1.165, 1.54) is 11.1 Å². The molecule has 1 rings (SSSR count). The Hall–Kier alpha value is -1.55. The van der Waals surface area contributed by atoms with Crippen LogP contribution >= 0.6 is 0 Å². The van der Waals surface area contributed by atoms with Gasteiger partial charge in [-0.15, -0.1) is 0 Å². The molecule has 4 heteroatoms. The highest BCUT2D eigenvalue weighted by molar-refractivity contribution is 5.81. The molecule has 0 spiro atoms. The van der Waals surface area contributed by atoms with Crippen LogP contribution in [0.4, 0.5) is 5.69 Å². The lowest BCUT2D eigenvalue weighted by atomic mass is 10.1. The number of carbonyl (C=O) groups is 1. The van der Waals surface area contributed by atoms with Crippen molar-refractivity contribution < 1.29 is 4.79 Å². The molecule has 0 saturated carbocycles. The van der Waals surface area contributed by atoms with E-state index in [9.17, 15) is 4.79 Å². The molecule has 0 bridgehead atoms. The number of nitrogens with zero attached hydrogens (tertiary/aromatic N) is 2. The van der Waals surface area contributed by atoms with E-state index in [1.807, 2.05) is 19.0 Å². The van der Waals surface area contributed by atoms with Gasteiger partial charge in [-0.3, -0.25) is 4.79 Å². The van der Waals surface area contributed by atoms with E-state index in [2.05, 4.69) is 30.4 Å². The Morgan fingerprint density at radius 2 is 1.94 bits per heavy atom. The summed E-state index contributed by atoms with van der Waals surface area (Å²) in [5.41, 5.74) is 3.55. The van der Waals surface area contributed by atoms with Crippen LogP contribution in [0.1, 0.15) is 11.1 Å². The normalized spacial score (nSPS) is 10.3. The van der Waals surface area contributed by atoms with Crippen LogP contribution < -0.4 is 10.2 Å². The van der Waals surface area contributed by atoms with E-state index in [0.29, 0.717) is 6.54 Å². The highest BCUT2D eigenvalue weighted by Crippen LogP contribution is 2.20. The lowest BCUT2D eigenvalue weighted by Crippen LogP contribution is -2.34. The molecule has 4 nitrogen and oxygen atoms in total. The fourth-order valence-electron chi connectivity index (χ4n) is 1.85. The van der Waals surface area contributed by atoms with Gasteiger partial charge in [0, 0.05) is 33.4 Å². The zero-order valence-electron chi connectivity index (χ0n) is 11.9. The number of hydrogen-bond acceptors (Lipinski definition) is 3. The van der Waals surface area contributed by atoms with Crippen molar-refractivity contribution in [2.75, 3.05) is 39.6 Å². The largest absolute Gasteiger partial charge is 0.365 e. The van der Waals surface area contributed by atoms with Crippen LogP contribution in [-0.2, 0) is 11.3 Å². The van der Waals surface area contributed by atoms with Gasteiger partial charge < -0.3 is 15.1 Å². The lowest BCUT2D eigenvalue weighted by molar-refractivity contribution is -0.127. The van der Waals surface area contributed by atoms with Gasteiger partial charge in [-0.1, -0.05) is 17.7 Å². The average Bonchev–Trinajstić information content (AvgIpc) is 2.29. The van der Waals surface area contributed by atoms with E-state index in [0.717, 1.165) is 12.2 Å². The summed E-state index contributed by atoms with van der Waals surface area (Å²) >= 11 is 0. The molecule has 1 aromatic rings. The number of benzene rings is 1. The fraction of sp³-hybridized carbons (Fsp3) is 0.500. The van der Waals surface area contributed by atoms with E-state index >= 15 is 0 Å². The van der Waals surface area contributed by atoms with Crippen LogP contribution in [0.25, 0.3) is 0 Å². The molecule has 0 saturated heterocycles. The topological polar surface area (TPSA) is 35.6 Å². The summed E-state index contributed by atoms with van der Waals surface area (Å²) in [7, 11) is 7.43. The number of likely N-dealkylation sites (N-methyl/N-ethyl adjacent to an activating group) is 2. The summed E-state index contributed by atoms with van der Waals surface area (Å²) in [5, 5.41) is 3.16. The third-order valence-electron chi connectivity index (χ3n) is 2.88. The lowest BCUT2D eigenvalue weighted by Gasteiger charge is -2.24. The SMILES string of the molecule is CNCc1cc(C)ccc1N(C)CC(=O)N(C)C. The smallest absolute Gasteiger partial charge is 0.241 e. The van der Waals surface area contributed by atoms with Crippen molar-refractivity contribution in [3.05, 3.63) is 29.3 Å². The molecule has 0 aliphatic carbocycles. The molecule has 0 aliphatic rings. The van der Waals surface area contributed by atoms with Crippen molar-refractivity contribution in [1.29, 1.82) is 0 Å². The molecule has 0 atom stereocenters. The maximum atomic E-state index is 11.7. The van der Waals surface area contributed by atoms with Gasteiger partial charge in [-0.25, -0.2) is 0 Å². The second kappa shape index (κ2) is 6.40. The van der Waals surface area contributed by atoms with Crippen LogP contribution in [-0.4, -0.2) is 45.5 Å². The molecule has 100 valence electrons. The van der Waals surface area contributed by atoms with Crippen LogP contribution in [0.3, 0.4) is 0 Å². The number of nitrogens with one attached hydrogen (secondary N) is 1. The molecule has 1 aromatic carbocycles. The minimum atomic E-state index is 0.105. The number of anilines is 1. The van der Waals surface area contributed by atoms with Gasteiger partial charge in [0.25, 0.3) is 0 Å². The predicted molar refractivity (Wildman–Crippen MR) is 75.9 cm³/mol. The van der Waals surface area contributed by atoms with Crippen molar-refractivity contribution in [3.8, 4) is 0 Å². The Bertz CT molecular complexity index is 416.